The van der Waals surface area contributed by atoms with E-state index in [1.165, 1.54) is 12.1 Å². The van der Waals surface area contributed by atoms with Gasteiger partial charge in [0.2, 0.25) is 5.91 Å². The maximum Gasteiger partial charge on any atom is 0.220 e. The van der Waals surface area contributed by atoms with E-state index >= 15 is 0 Å². The van der Waals surface area contributed by atoms with Crippen LogP contribution in [0.5, 0.6) is 0 Å². The predicted molar refractivity (Wildman–Crippen MR) is 87.3 cm³/mol. The standard InChI is InChI=1S/C19H21FN2O/c1-13-4-2-7-17(21-13)19(15-9-10-15)22-18(23)11-8-14-5-3-6-16(20)12-14/h2-7,12,15,19H,8-11H2,1H3,(H,22,23)/t19-/m1/s1. The third-order valence-corrected chi connectivity index (χ3v) is 4.17. The third-order valence-electron chi connectivity index (χ3n) is 4.17. The molecule has 120 valence electrons. The van der Waals surface area contributed by atoms with E-state index in [4.69, 9.17) is 0 Å². The lowest BCUT2D eigenvalue weighted by atomic mass is 10.1. The van der Waals surface area contributed by atoms with Gasteiger partial charge in [-0.15, -0.1) is 0 Å². The van der Waals surface area contributed by atoms with Crippen LogP contribution in [0.4, 0.5) is 4.39 Å². The van der Waals surface area contributed by atoms with Crippen molar-refractivity contribution < 1.29 is 9.18 Å². The molecular formula is C19H21FN2O. The number of amides is 1. The Hall–Kier alpha value is -2.23. The highest BCUT2D eigenvalue weighted by molar-refractivity contribution is 5.76. The number of carbonyl (C=O) groups excluding carboxylic acids is 1. The molecule has 1 saturated carbocycles. The van der Waals surface area contributed by atoms with Crippen molar-refractivity contribution in [3.05, 3.63) is 65.2 Å². The molecule has 1 heterocycles. The van der Waals surface area contributed by atoms with Crippen LogP contribution >= 0.6 is 0 Å². The maximum absolute atomic E-state index is 13.2. The predicted octanol–water partition coefficient (Wildman–Crippen LogP) is 3.73. The average molecular weight is 312 g/mol. The number of benzene rings is 1. The number of aryl methyl sites for hydroxylation is 2. The number of carbonyl (C=O) groups is 1. The molecule has 0 aliphatic heterocycles. The van der Waals surface area contributed by atoms with Crippen LogP contribution in [0.15, 0.2) is 42.5 Å². The van der Waals surface area contributed by atoms with Crippen molar-refractivity contribution in [2.75, 3.05) is 0 Å². The van der Waals surface area contributed by atoms with Gasteiger partial charge in [0.1, 0.15) is 5.82 Å². The largest absolute Gasteiger partial charge is 0.347 e. The molecule has 1 aromatic heterocycles. The van der Waals surface area contributed by atoms with Gasteiger partial charge in [-0.1, -0.05) is 18.2 Å². The minimum Gasteiger partial charge on any atom is -0.347 e. The summed E-state index contributed by atoms with van der Waals surface area (Å²) in [6, 6.07) is 12.3. The highest BCUT2D eigenvalue weighted by atomic mass is 19.1. The molecule has 4 heteroatoms. The summed E-state index contributed by atoms with van der Waals surface area (Å²) in [5.74, 6) is 0.222. The Bertz CT molecular complexity index is 697. The van der Waals surface area contributed by atoms with Gasteiger partial charge in [-0.25, -0.2) is 4.39 Å². The van der Waals surface area contributed by atoms with Gasteiger partial charge in [-0.2, -0.15) is 0 Å². The van der Waals surface area contributed by atoms with Crippen LogP contribution < -0.4 is 5.32 Å². The van der Waals surface area contributed by atoms with Crippen LogP contribution in [0.1, 0.15) is 42.3 Å². The van der Waals surface area contributed by atoms with Crippen LogP contribution in [0.25, 0.3) is 0 Å². The van der Waals surface area contributed by atoms with Crippen molar-refractivity contribution >= 4 is 5.91 Å². The summed E-state index contributed by atoms with van der Waals surface area (Å²) >= 11 is 0. The Labute approximate surface area is 135 Å². The van der Waals surface area contributed by atoms with Gasteiger partial charge in [0.25, 0.3) is 0 Å². The molecule has 0 saturated heterocycles. The van der Waals surface area contributed by atoms with Gasteiger partial charge < -0.3 is 5.32 Å². The second-order valence-corrected chi connectivity index (χ2v) is 6.22. The molecule has 0 unspecified atom stereocenters. The first-order valence-corrected chi connectivity index (χ1v) is 8.09. The second kappa shape index (κ2) is 6.90. The fourth-order valence-corrected chi connectivity index (χ4v) is 2.80. The van der Waals surface area contributed by atoms with E-state index in [0.29, 0.717) is 18.8 Å². The van der Waals surface area contributed by atoms with Crippen molar-refractivity contribution in [1.29, 1.82) is 0 Å². The number of nitrogens with zero attached hydrogens (tertiary/aromatic N) is 1. The van der Waals surface area contributed by atoms with Crippen LogP contribution in [0.3, 0.4) is 0 Å². The van der Waals surface area contributed by atoms with E-state index in [0.717, 1.165) is 29.8 Å². The Balaban J connectivity index is 1.60. The SMILES string of the molecule is Cc1cccc([C@H](NC(=O)CCc2cccc(F)c2)C2CC2)n1. The molecule has 3 rings (SSSR count). The van der Waals surface area contributed by atoms with Crippen LogP contribution in [0.2, 0.25) is 0 Å². The molecule has 1 fully saturated rings. The normalized spacial score (nSPS) is 15.2. The highest BCUT2D eigenvalue weighted by Crippen LogP contribution is 2.40. The van der Waals surface area contributed by atoms with Crippen LogP contribution in [-0.2, 0) is 11.2 Å². The van der Waals surface area contributed by atoms with Gasteiger partial charge in [0, 0.05) is 12.1 Å². The number of hydrogen-bond donors (Lipinski definition) is 1. The molecule has 1 aliphatic rings. The summed E-state index contributed by atoms with van der Waals surface area (Å²) < 4.78 is 13.2. The zero-order valence-corrected chi connectivity index (χ0v) is 13.3. The third kappa shape index (κ3) is 4.38. The van der Waals surface area contributed by atoms with E-state index in [1.807, 2.05) is 31.2 Å². The molecule has 2 aromatic rings. The number of nitrogens with one attached hydrogen (secondary N) is 1. The Morgan fingerprint density at radius 3 is 2.78 bits per heavy atom. The number of rotatable bonds is 6. The molecule has 0 bridgehead atoms. The molecular weight excluding hydrogens is 291 g/mol. The summed E-state index contributed by atoms with van der Waals surface area (Å²) in [7, 11) is 0. The fourth-order valence-electron chi connectivity index (χ4n) is 2.80. The van der Waals surface area contributed by atoms with Gasteiger partial charge in [-0.05, 0) is 61.9 Å². The molecule has 23 heavy (non-hydrogen) atoms. The Morgan fingerprint density at radius 2 is 2.09 bits per heavy atom. The zero-order chi connectivity index (χ0) is 16.2. The van der Waals surface area contributed by atoms with Gasteiger partial charge >= 0.3 is 0 Å². The number of aromatic nitrogens is 1. The minimum absolute atomic E-state index is 0.00471. The van der Waals surface area contributed by atoms with Gasteiger partial charge in [0.15, 0.2) is 0 Å². The van der Waals surface area contributed by atoms with Crippen LogP contribution in [0, 0.1) is 18.7 Å². The Kier molecular flexibility index (Phi) is 4.70. The monoisotopic (exact) mass is 312 g/mol. The molecule has 0 radical (unpaired) electrons. The van der Waals surface area contributed by atoms with Crippen molar-refractivity contribution in [3.8, 4) is 0 Å². The summed E-state index contributed by atoms with van der Waals surface area (Å²) in [6.45, 7) is 1.96. The van der Waals surface area contributed by atoms with E-state index in [-0.39, 0.29) is 17.8 Å². The molecule has 1 amide bonds. The fraction of sp³-hybridized carbons (Fsp3) is 0.368. The lowest BCUT2D eigenvalue weighted by molar-refractivity contribution is -0.122. The summed E-state index contributed by atoms with van der Waals surface area (Å²) in [4.78, 5) is 16.8. The van der Waals surface area contributed by atoms with Crippen molar-refractivity contribution in [3.63, 3.8) is 0 Å². The first-order chi connectivity index (χ1) is 11.1. The molecule has 1 aromatic carbocycles. The smallest absolute Gasteiger partial charge is 0.220 e. The number of pyridine rings is 1. The number of hydrogen-bond acceptors (Lipinski definition) is 2. The van der Waals surface area contributed by atoms with Crippen molar-refractivity contribution in [1.82, 2.24) is 10.3 Å². The lowest BCUT2D eigenvalue weighted by Crippen LogP contribution is -2.30. The second-order valence-electron chi connectivity index (χ2n) is 6.22. The number of halogens is 1. The van der Waals surface area contributed by atoms with Crippen LogP contribution in [-0.4, -0.2) is 10.9 Å². The first kappa shape index (κ1) is 15.7. The van der Waals surface area contributed by atoms with Crippen molar-refractivity contribution in [2.24, 2.45) is 5.92 Å². The lowest BCUT2D eigenvalue weighted by Gasteiger charge is -2.18. The zero-order valence-electron chi connectivity index (χ0n) is 13.3. The molecule has 3 nitrogen and oxygen atoms in total. The highest BCUT2D eigenvalue weighted by Gasteiger charge is 2.34. The summed E-state index contributed by atoms with van der Waals surface area (Å²) in [5.41, 5.74) is 2.74. The van der Waals surface area contributed by atoms with E-state index in [2.05, 4.69) is 10.3 Å². The topological polar surface area (TPSA) is 42.0 Å². The minimum atomic E-state index is -0.261. The average Bonchev–Trinajstić information content (AvgIpc) is 3.35. The molecule has 1 aliphatic carbocycles. The van der Waals surface area contributed by atoms with Gasteiger partial charge in [0.05, 0.1) is 11.7 Å². The maximum atomic E-state index is 13.2. The summed E-state index contributed by atoms with van der Waals surface area (Å²) in [6.07, 6.45) is 3.16. The van der Waals surface area contributed by atoms with E-state index in [9.17, 15) is 9.18 Å². The first-order valence-electron chi connectivity index (χ1n) is 8.09. The van der Waals surface area contributed by atoms with Gasteiger partial charge in [-0.3, -0.25) is 9.78 Å². The van der Waals surface area contributed by atoms with E-state index < -0.39 is 0 Å². The van der Waals surface area contributed by atoms with E-state index in [1.54, 1.807) is 6.07 Å². The Morgan fingerprint density at radius 1 is 1.30 bits per heavy atom. The summed E-state index contributed by atoms with van der Waals surface area (Å²) in [5, 5.41) is 3.11. The van der Waals surface area contributed by atoms with Crippen molar-refractivity contribution in [2.45, 2.75) is 38.6 Å². The molecule has 0 spiro atoms. The molecule has 1 N–H and O–H groups in total. The quantitative estimate of drug-likeness (QED) is 0.883. The molecule has 1 atom stereocenters.